The molecule has 0 spiro atoms. The van der Waals surface area contributed by atoms with E-state index in [1.165, 1.54) is 6.33 Å². The van der Waals surface area contributed by atoms with E-state index in [2.05, 4.69) is 21.8 Å². The predicted octanol–water partition coefficient (Wildman–Crippen LogP) is 2.00. The normalized spacial score (nSPS) is 17.5. The lowest BCUT2D eigenvalue weighted by Crippen LogP contribution is -2.29. The van der Waals surface area contributed by atoms with Gasteiger partial charge in [0, 0.05) is 19.0 Å². The molecule has 114 valence electrons. The third kappa shape index (κ3) is 2.86. The molecule has 0 saturated carbocycles. The quantitative estimate of drug-likeness (QED) is 0.857. The van der Waals surface area contributed by atoms with Gasteiger partial charge in [0.15, 0.2) is 0 Å². The summed E-state index contributed by atoms with van der Waals surface area (Å²) in [7, 11) is 0. The van der Waals surface area contributed by atoms with E-state index in [-0.39, 0.29) is 11.8 Å². The first-order valence-electron chi connectivity index (χ1n) is 7.27. The molecular formula is C16H18N4O2. The number of ether oxygens (including phenoxy) is 1. The average molecular weight is 298 g/mol. The molecule has 1 unspecified atom stereocenters. The van der Waals surface area contributed by atoms with E-state index < -0.39 is 0 Å². The minimum Gasteiger partial charge on any atom is -0.489 e. The Bertz CT molecular complexity index is 654. The van der Waals surface area contributed by atoms with E-state index in [4.69, 9.17) is 4.74 Å². The maximum atomic E-state index is 12.7. The van der Waals surface area contributed by atoms with Crippen LogP contribution in [0.5, 0.6) is 5.75 Å². The van der Waals surface area contributed by atoms with Crippen LogP contribution in [-0.4, -0.2) is 45.7 Å². The molecule has 1 saturated heterocycles. The van der Waals surface area contributed by atoms with E-state index in [1.807, 2.05) is 17.0 Å². The fraction of sp³-hybridized carbons (Fsp3) is 0.312. The molecule has 6 nitrogen and oxygen atoms in total. The number of likely N-dealkylation sites (tertiary alicyclic amines) is 1. The van der Waals surface area contributed by atoms with E-state index in [9.17, 15) is 4.79 Å². The van der Waals surface area contributed by atoms with Crippen LogP contribution < -0.4 is 4.74 Å². The van der Waals surface area contributed by atoms with Crippen molar-refractivity contribution in [2.75, 3.05) is 19.7 Å². The van der Waals surface area contributed by atoms with E-state index in [1.54, 1.807) is 18.2 Å². The van der Waals surface area contributed by atoms with E-state index >= 15 is 0 Å². The Morgan fingerprint density at radius 2 is 2.36 bits per heavy atom. The van der Waals surface area contributed by atoms with Crippen LogP contribution in [0.2, 0.25) is 0 Å². The van der Waals surface area contributed by atoms with Gasteiger partial charge >= 0.3 is 0 Å². The summed E-state index contributed by atoms with van der Waals surface area (Å²) in [5, 5.41) is 6.76. The van der Waals surface area contributed by atoms with Crippen molar-refractivity contribution in [3.05, 3.63) is 54.6 Å². The number of hydrogen-bond donors (Lipinski definition) is 1. The number of benzene rings is 1. The number of nitrogens with one attached hydrogen (secondary N) is 1. The molecule has 1 aromatic heterocycles. The zero-order valence-electron chi connectivity index (χ0n) is 12.2. The highest BCUT2D eigenvalue weighted by atomic mass is 16.5. The van der Waals surface area contributed by atoms with Gasteiger partial charge in [0.05, 0.1) is 5.56 Å². The molecule has 1 N–H and O–H groups in total. The smallest absolute Gasteiger partial charge is 0.257 e. The Labute approximate surface area is 128 Å². The zero-order valence-corrected chi connectivity index (χ0v) is 12.2. The van der Waals surface area contributed by atoms with Gasteiger partial charge in [0.25, 0.3) is 5.91 Å². The highest BCUT2D eigenvalue weighted by Gasteiger charge is 2.30. The fourth-order valence-corrected chi connectivity index (χ4v) is 2.67. The van der Waals surface area contributed by atoms with Crippen molar-refractivity contribution in [2.24, 2.45) is 0 Å². The molecule has 1 amide bonds. The number of nitrogens with zero attached hydrogens (tertiary/aromatic N) is 3. The predicted molar refractivity (Wildman–Crippen MR) is 81.8 cm³/mol. The number of amides is 1. The third-order valence-electron chi connectivity index (χ3n) is 3.77. The first kappa shape index (κ1) is 14.3. The molecule has 22 heavy (non-hydrogen) atoms. The second-order valence-corrected chi connectivity index (χ2v) is 5.20. The van der Waals surface area contributed by atoms with Gasteiger partial charge in [0.1, 0.15) is 24.5 Å². The van der Waals surface area contributed by atoms with E-state index in [0.29, 0.717) is 31.0 Å². The Balaban J connectivity index is 1.73. The summed E-state index contributed by atoms with van der Waals surface area (Å²) >= 11 is 0. The van der Waals surface area contributed by atoms with Crippen molar-refractivity contribution in [3.8, 4) is 5.75 Å². The average Bonchev–Trinajstić information content (AvgIpc) is 3.23. The van der Waals surface area contributed by atoms with Crippen LogP contribution >= 0.6 is 0 Å². The number of para-hydroxylation sites is 1. The van der Waals surface area contributed by atoms with Crippen molar-refractivity contribution in [3.63, 3.8) is 0 Å². The fourth-order valence-electron chi connectivity index (χ4n) is 2.67. The molecule has 0 radical (unpaired) electrons. The molecule has 2 heterocycles. The van der Waals surface area contributed by atoms with Gasteiger partial charge in [-0.1, -0.05) is 24.8 Å². The van der Waals surface area contributed by atoms with Crippen molar-refractivity contribution < 1.29 is 9.53 Å². The highest BCUT2D eigenvalue weighted by Crippen LogP contribution is 2.27. The number of aromatic amines is 1. The molecule has 6 heteroatoms. The Morgan fingerprint density at radius 1 is 1.50 bits per heavy atom. The second-order valence-electron chi connectivity index (χ2n) is 5.20. The maximum Gasteiger partial charge on any atom is 0.257 e. The molecule has 2 aromatic rings. The molecular weight excluding hydrogens is 280 g/mol. The number of rotatable bonds is 5. The van der Waals surface area contributed by atoms with Gasteiger partial charge in [-0.3, -0.25) is 9.89 Å². The first-order chi connectivity index (χ1) is 10.8. The van der Waals surface area contributed by atoms with Gasteiger partial charge in [-0.05, 0) is 18.6 Å². The van der Waals surface area contributed by atoms with Crippen LogP contribution in [0, 0.1) is 0 Å². The largest absolute Gasteiger partial charge is 0.489 e. The van der Waals surface area contributed by atoms with E-state index in [0.717, 1.165) is 12.2 Å². The molecule has 0 aliphatic carbocycles. The molecule has 0 bridgehead atoms. The summed E-state index contributed by atoms with van der Waals surface area (Å²) in [6.07, 6.45) is 4.05. The minimum absolute atomic E-state index is 0.0123. The summed E-state index contributed by atoms with van der Waals surface area (Å²) in [5.41, 5.74) is 0.586. The number of aromatic nitrogens is 3. The van der Waals surface area contributed by atoms with Crippen LogP contribution in [0.25, 0.3) is 0 Å². The van der Waals surface area contributed by atoms with Crippen molar-refractivity contribution >= 4 is 5.91 Å². The second kappa shape index (κ2) is 6.43. The SMILES string of the molecule is C=CCOc1ccccc1C(=O)N1CCC(c2ncn[nH]2)C1. The van der Waals surface area contributed by atoms with Crippen LogP contribution in [-0.2, 0) is 0 Å². The molecule has 1 aromatic carbocycles. The van der Waals surface area contributed by atoms with Crippen molar-refractivity contribution in [2.45, 2.75) is 12.3 Å². The van der Waals surface area contributed by atoms with Crippen molar-refractivity contribution in [1.82, 2.24) is 20.1 Å². The lowest BCUT2D eigenvalue weighted by Gasteiger charge is -2.18. The monoisotopic (exact) mass is 298 g/mol. The number of carbonyl (C=O) groups excluding carboxylic acids is 1. The summed E-state index contributed by atoms with van der Waals surface area (Å²) in [6.45, 7) is 5.36. The lowest BCUT2D eigenvalue weighted by atomic mass is 10.1. The minimum atomic E-state index is -0.0123. The molecule has 3 rings (SSSR count). The van der Waals surface area contributed by atoms with Gasteiger partial charge < -0.3 is 9.64 Å². The summed E-state index contributed by atoms with van der Waals surface area (Å²) in [6, 6.07) is 7.30. The molecule has 1 atom stereocenters. The topological polar surface area (TPSA) is 71.1 Å². The molecule has 1 fully saturated rings. The maximum absolute atomic E-state index is 12.7. The van der Waals surface area contributed by atoms with Crippen molar-refractivity contribution in [1.29, 1.82) is 0 Å². The summed E-state index contributed by atoms with van der Waals surface area (Å²) in [5.74, 6) is 1.64. The van der Waals surface area contributed by atoms with Gasteiger partial charge in [0.2, 0.25) is 0 Å². The Morgan fingerprint density at radius 3 is 3.14 bits per heavy atom. The Hall–Kier alpha value is -2.63. The number of H-pyrrole nitrogens is 1. The number of carbonyl (C=O) groups is 1. The molecule has 1 aliphatic rings. The zero-order chi connectivity index (χ0) is 15.4. The number of hydrogen-bond acceptors (Lipinski definition) is 4. The van der Waals surface area contributed by atoms with Crippen LogP contribution in [0.15, 0.2) is 43.2 Å². The van der Waals surface area contributed by atoms with Crippen LogP contribution in [0.4, 0.5) is 0 Å². The third-order valence-corrected chi connectivity index (χ3v) is 3.77. The standard InChI is InChI=1S/C16H18N4O2/c1-2-9-22-14-6-4-3-5-13(14)16(21)20-8-7-12(10-20)15-17-11-18-19-15/h2-6,11-12H,1,7-10H2,(H,17,18,19). The van der Waals surface area contributed by atoms with Crippen LogP contribution in [0.1, 0.15) is 28.5 Å². The Kier molecular flexibility index (Phi) is 4.18. The van der Waals surface area contributed by atoms with Gasteiger partial charge in [-0.2, -0.15) is 5.10 Å². The summed E-state index contributed by atoms with van der Waals surface area (Å²) < 4.78 is 5.57. The lowest BCUT2D eigenvalue weighted by molar-refractivity contribution is 0.0786. The highest BCUT2D eigenvalue weighted by molar-refractivity contribution is 5.97. The van der Waals surface area contributed by atoms with Gasteiger partial charge in [-0.25, -0.2) is 4.98 Å². The first-order valence-corrected chi connectivity index (χ1v) is 7.27. The molecule has 1 aliphatic heterocycles. The summed E-state index contributed by atoms with van der Waals surface area (Å²) in [4.78, 5) is 18.7. The van der Waals surface area contributed by atoms with Gasteiger partial charge in [-0.15, -0.1) is 0 Å². The van der Waals surface area contributed by atoms with Crippen LogP contribution in [0.3, 0.4) is 0 Å².